The molecule has 1 spiro atoms. The van der Waals surface area contributed by atoms with Crippen molar-refractivity contribution in [2.24, 2.45) is 40.2 Å². The van der Waals surface area contributed by atoms with Crippen molar-refractivity contribution in [3.8, 4) is 0 Å². The standard InChI is InChI=1S/C24H33NO3/c1-3-15-13-16-14-17(25-27)5-6-18(16)19-7-10-23(4-2)20(22(15)19)8-11-24(23)12-9-21(26)28-24/h9,12,14-15,18-20,22,27H,3-8,10-11,13H2,1-2H3/b25-17-/t15?,18-,19?,20?,22?,23-,24+/m0/s1. The lowest BCUT2D eigenvalue weighted by atomic mass is 9.47. The molecule has 4 aliphatic carbocycles. The Hall–Kier alpha value is -1.58. The first-order chi connectivity index (χ1) is 13.6. The normalized spacial score (nSPS) is 48.2. The topological polar surface area (TPSA) is 58.9 Å². The van der Waals surface area contributed by atoms with Crippen LogP contribution in [-0.2, 0) is 9.53 Å². The van der Waals surface area contributed by atoms with Gasteiger partial charge in [0.2, 0.25) is 0 Å². The summed E-state index contributed by atoms with van der Waals surface area (Å²) < 4.78 is 6.05. The average molecular weight is 384 g/mol. The number of oxime groups is 1. The molecule has 0 saturated heterocycles. The molecule has 0 aromatic carbocycles. The number of rotatable bonds is 2. The minimum absolute atomic E-state index is 0.123. The minimum atomic E-state index is -0.341. The molecule has 4 unspecified atom stereocenters. The van der Waals surface area contributed by atoms with Crippen LogP contribution in [0.4, 0.5) is 0 Å². The zero-order valence-corrected chi connectivity index (χ0v) is 17.2. The summed E-state index contributed by atoms with van der Waals surface area (Å²) >= 11 is 0. The van der Waals surface area contributed by atoms with E-state index in [1.807, 2.05) is 0 Å². The lowest BCUT2D eigenvalue weighted by molar-refractivity contribution is -0.166. The van der Waals surface area contributed by atoms with Crippen molar-refractivity contribution < 1.29 is 14.7 Å². The summed E-state index contributed by atoms with van der Waals surface area (Å²) in [6.45, 7) is 4.66. The van der Waals surface area contributed by atoms with Crippen LogP contribution in [0.15, 0.2) is 29.0 Å². The number of nitrogens with zero attached hydrogens (tertiary/aromatic N) is 1. The highest BCUT2D eigenvalue weighted by Gasteiger charge is 2.67. The van der Waals surface area contributed by atoms with Gasteiger partial charge in [-0.25, -0.2) is 4.79 Å². The van der Waals surface area contributed by atoms with Crippen LogP contribution in [0.25, 0.3) is 0 Å². The predicted molar refractivity (Wildman–Crippen MR) is 108 cm³/mol. The van der Waals surface area contributed by atoms with Gasteiger partial charge in [-0.3, -0.25) is 0 Å². The number of fused-ring (bicyclic) bond motifs is 6. The third-order valence-corrected chi connectivity index (χ3v) is 9.42. The molecular formula is C24H33NO3. The maximum atomic E-state index is 12.0. The van der Waals surface area contributed by atoms with Crippen molar-refractivity contribution in [3.63, 3.8) is 0 Å². The first kappa shape index (κ1) is 18.4. The Bertz CT molecular complexity index is 768. The quantitative estimate of drug-likeness (QED) is 0.401. The SMILES string of the molecule is CCC1CC2=C/C(=N\O)CC[C@@H]2C2CC[C@@]3(CC)C(CC[C@@]34C=CC(=O)O4)C12. The van der Waals surface area contributed by atoms with Crippen molar-refractivity contribution in [1.82, 2.24) is 0 Å². The van der Waals surface area contributed by atoms with E-state index < -0.39 is 0 Å². The summed E-state index contributed by atoms with van der Waals surface area (Å²) in [6.07, 6.45) is 16.1. The van der Waals surface area contributed by atoms with Gasteiger partial charge in [-0.15, -0.1) is 0 Å². The second kappa shape index (κ2) is 6.47. The molecule has 28 heavy (non-hydrogen) atoms. The van der Waals surface area contributed by atoms with E-state index in [0.717, 1.165) is 49.7 Å². The molecule has 0 aromatic rings. The van der Waals surface area contributed by atoms with E-state index in [0.29, 0.717) is 17.8 Å². The van der Waals surface area contributed by atoms with Gasteiger partial charge >= 0.3 is 5.97 Å². The smallest absolute Gasteiger partial charge is 0.331 e. The summed E-state index contributed by atoms with van der Waals surface area (Å²) in [5.41, 5.74) is 2.18. The van der Waals surface area contributed by atoms with Crippen LogP contribution >= 0.6 is 0 Å². The lowest BCUT2D eigenvalue weighted by Crippen LogP contribution is -2.55. The van der Waals surface area contributed by atoms with Gasteiger partial charge in [0.1, 0.15) is 5.60 Å². The zero-order valence-electron chi connectivity index (χ0n) is 17.2. The van der Waals surface area contributed by atoms with Gasteiger partial charge in [-0.2, -0.15) is 0 Å². The molecule has 1 N–H and O–H groups in total. The lowest BCUT2D eigenvalue weighted by Gasteiger charge is -2.58. The van der Waals surface area contributed by atoms with Crippen molar-refractivity contribution in [2.75, 3.05) is 0 Å². The number of hydrogen-bond donors (Lipinski definition) is 1. The van der Waals surface area contributed by atoms with Crippen LogP contribution in [0.2, 0.25) is 0 Å². The van der Waals surface area contributed by atoms with Crippen LogP contribution in [0.5, 0.6) is 0 Å². The van der Waals surface area contributed by atoms with E-state index >= 15 is 0 Å². The Morgan fingerprint density at radius 3 is 2.79 bits per heavy atom. The molecule has 7 atom stereocenters. The molecule has 3 fully saturated rings. The molecule has 4 heteroatoms. The second-order valence-corrected chi connectivity index (χ2v) is 9.91. The Morgan fingerprint density at radius 2 is 2.11 bits per heavy atom. The highest BCUT2D eigenvalue weighted by atomic mass is 16.6. The fourth-order valence-corrected chi connectivity index (χ4v) is 8.34. The average Bonchev–Trinajstić information content (AvgIpc) is 3.27. The summed E-state index contributed by atoms with van der Waals surface area (Å²) in [5.74, 6) is 3.35. The van der Waals surface area contributed by atoms with Gasteiger partial charge in [0, 0.05) is 11.5 Å². The van der Waals surface area contributed by atoms with E-state index in [1.165, 1.54) is 31.3 Å². The summed E-state index contributed by atoms with van der Waals surface area (Å²) in [7, 11) is 0. The molecule has 5 aliphatic rings. The molecule has 1 aliphatic heterocycles. The number of ether oxygens (including phenoxy) is 1. The van der Waals surface area contributed by atoms with Gasteiger partial charge in [-0.05, 0) is 93.1 Å². The maximum absolute atomic E-state index is 12.0. The van der Waals surface area contributed by atoms with Crippen LogP contribution < -0.4 is 0 Å². The number of esters is 1. The van der Waals surface area contributed by atoms with Crippen LogP contribution in [0.3, 0.4) is 0 Å². The molecule has 3 saturated carbocycles. The monoisotopic (exact) mass is 383 g/mol. The third-order valence-electron chi connectivity index (χ3n) is 9.42. The van der Waals surface area contributed by atoms with Crippen molar-refractivity contribution >= 4 is 11.7 Å². The molecule has 0 bridgehead atoms. The number of allylic oxidation sites excluding steroid dienone is 2. The Morgan fingerprint density at radius 1 is 1.25 bits per heavy atom. The first-order valence-electron chi connectivity index (χ1n) is 11.4. The molecule has 1 heterocycles. The number of hydrogen-bond acceptors (Lipinski definition) is 4. The van der Waals surface area contributed by atoms with Crippen molar-refractivity contribution in [1.29, 1.82) is 0 Å². The van der Waals surface area contributed by atoms with E-state index in [2.05, 4.69) is 31.2 Å². The zero-order chi connectivity index (χ0) is 19.5. The highest BCUT2D eigenvalue weighted by molar-refractivity contribution is 5.96. The largest absolute Gasteiger partial charge is 0.451 e. The Balaban J connectivity index is 1.53. The second-order valence-electron chi connectivity index (χ2n) is 9.91. The number of carbonyl (C=O) groups excluding carboxylic acids is 1. The van der Waals surface area contributed by atoms with Crippen LogP contribution in [0, 0.1) is 35.0 Å². The molecule has 0 radical (unpaired) electrons. The summed E-state index contributed by atoms with van der Waals surface area (Å²) in [5, 5.41) is 12.8. The molecule has 4 nitrogen and oxygen atoms in total. The van der Waals surface area contributed by atoms with E-state index in [9.17, 15) is 10.0 Å². The van der Waals surface area contributed by atoms with Gasteiger partial charge in [0.15, 0.2) is 0 Å². The molecule has 0 aromatic heterocycles. The molecule has 152 valence electrons. The fraction of sp³-hybridized carbons (Fsp3) is 0.750. The summed E-state index contributed by atoms with van der Waals surface area (Å²) in [6, 6.07) is 0. The van der Waals surface area contributed by atoms with Crippen molar-refractivity contribution in [3.05, 3.63) is 23.8 Å². The fourth-order valence-electron chi connectivity index (χ4n) is 8.34. The predicted octanol–water partition coefficient (Wildman–Crippen LogP) is 5.27. The minimum Gasteiger partial charge on any atom is -0.451 e. The van der Waals surface area contributed by atoms with Gasteiger partial charge in [0.25, 0.3) is 0 Å². The van der Waals surface area contributed by atoms with E-state index in [4.69, 9.17) is 4.74 Å². The Labute approximate surface area is 168 Å². The molecular weight excluding hydrogens is 350 g/mol. The van der Waals surface area contributed by atoms with Gasteiger partial charge in [-0.1, -0.05) is 31.0 Å². The molecule has 0 amide bonds. The molecule has 5 rings (SSSR count). The highest BCUT2D eigenvalue weighted by Crippen LogP contribution is 2.69. The van der Waals surface area contributed by atoms with Crippen LogP contribution in [0.1, 0.15) is 71.6 Å². The van der Waals surface area contributed by atoms with Gasteiger partial charge in [0.05, 0.1) is 5.71 Å². The van der Waals surface area contributed by atoms with E-state index in [1.54, 1.807) is 6.08 Å². The third kappa shape index (κ3) is 2.29. The van der Waals surface area contributed by atoms with Crippen LogP contribution in [-0.4, -0.2) is 22.5 Å². The Kier molecular flexibility index (Phi) is 4.26. The summed E-state index contributed by atoms with van der Waals surface area (Å²) in [4.78, 5) is 12.0. The number of carbonyl (C=O) groups is 1. The maximum Gasteiger partial charge on any atom is 0.331 e. The van der Waals surface area contributed by atoms with Crippen molar-refractivity contribution in [2.45, 2.75) is 77.2 Å². The van der Waals surface area contributed by atoms with Gasteiger partial charge < -0.3 is 9.94 Å². The first-order valence-corrected chi connectivity index (χ1v) is 11.4. The van der Waals surface area contributed by atoms with E-state index in [-0.39, 0.29) is 17.0 Å².